The number of likely N-dealkylation sites (tertiary alicyclic amines) is 1. The minimum absolute atomic E-state index is 0.00441. The van der Waals surface area contributed by atoms with Crippen molar-refractivity contribution >= 4 is 42.3 Å². The third-order valence-corrected chi connectivity index (χ3v) is 6.00. The van der Waals surface area contributed by atoms with Gasteiger partial charge in [0, 0.05) is 25.1 Å². The molecule has 0 aromatic heterocycles. The average Bonchev–Trinajstić information content (AvgIpc) is 3.31. The maximum absolute atomic E-state index is 13.1. The first-order chi connectivity index (χ1) is 16.5. The van der Waals surface area contributed by atoms with Gasteiger partial charge in [0.05, 0.1) is 6.04 Å². The molecular weight excluding hydrogens is 480 g/mol. The highest BCUT2D eigenvalue weighted by Gasteiger charge is 2.38. The molecule has 1 heterocycles. The summed E-state index contributed by atoms with van der Waals surface area (Å²) in [6, 6.07) is 1.50. The van der Waals surface area contributed by atoms with Crippen molar-refractivity contribution in [1.29, 1.82) is 0 Å². The highest BCUT2D eigenvalue weighted by atomic mass is 32.1. The first-order valence-electron chi connectivity index (χ1n) is 11.0. The Kier molecular flexibility index (Phi) is 10.3. The number of phenolic OH excluding ortho intramolecular Hbond substituents is 1. The number of benzene rings is 1. The van der Waals surface area contributed by atoms with E-state index in [-0.39, 0.29) is 37.3 Å². The molecule has 35 heavy (non-hydrogen) atoms. The minimum Gasteiger partial charge on any atom is -0.508 e. The lowest BCUT2D eigenvalue weighted by molar-refractivity contribution is -0.143. The number of aromatic hydroxyl groups is 1. The second-order valence-corrected chi connectivity index (χ2v) is 8.61. The number of phenols is 1. The number of aliphatic carboxylic acids is 2. The van der Waals surface area contributed by atoms with Gasteiger partial charge in [0.25, 0.3) is 0 Å². The fraction of sp³-hybridized carbons (Fsp3) is 0.500. The first kappa shape index (κ1) is 27.9. The molecule has 0 bridgehead atoms. The van der Waals surface area contributed by atoms with Crippen LogP contribution in [-0.2, 0) is 30.4 Å². The number of nitrogens with zero attached hydrogens (tertiary/aromatic N) is 1. The summed E-state index contributed by atoms with van der Waals surface area (Å²) in [5, 5.41) is 32.5. The second-order valence-electron chi connectivity index (χ2n) is 8.24. The summed E-state index contributed by atoms with van der Waals surface area (Å²) in [4.78, 5) is 62.1. The van der Waals surface area contributed by atoms with E-state index in [0.29, 0.717) is 18.4 Å². The van der Waals surface area contributed by atoms with Crippen molar-refractivity contribution in [2.75, 3.05) is 12.3 Å². The summed E-state index contributed by atoms with van der Waals surface area (Å²) in [7, 11) is 0. The Balaban J connectivity index is 2.16. The van der Waals surface area contributed by atoms with E-state index in [2.05, 4.69) is 23.3 Å². The number of amides is 3. The van der Waals surface area contributed by atoms with Gasteiger partial charge in [0.15, 0.2) is 0 Å². The zero-order chi connectivity index (χ0) is 26.1. The number of rotatable bonds is 12. The third-order valence-electron chi connectivity index (χ3n) is 5.63. The van der Waals surface area contributed by atoms with Crippen molar-refractivity contribution in [3.8, 4) is 5.75 Å². The van der Waals surface area contributed by atoms with Crippen molar-refractivity contribution < 1.29 is 39.3 Å². The second kappa shape index (κ2) is 13.0. The van der Waals surface area contributed by atoms with Crippen LogP contribution in [-0.4, -0.2) is 86.3 Å². The highest BCUT2D eigenvalue weighted by Crippen LogP contribution is 2.20. The molecule has 192 valence electrons. The molecule has 0 spiro atoms. The quantitative estimate of drug-likeness (QED) is 0.174. The van der Waals surface area contributed by atoms with E-state index in [9.17, 15) is 34.2 Å². The molecule has 1 saturated heterocycles. The summed E-state index contributed by atoms with van der Waals surface area (Å²) in [5.41, 5.74) is 6.43. The number of carbonyl (C=O) groups is 5. The van der Waals surface area contributed by atoms with E-state index in [1.165, 1.54) is 17.0 Å². The highest BCUT2D eigenvalue weighted by molar-refractivity contribution is 7.80. The lowest BCUT2D eigenvalue weighted by Crippen LogP contribution is -2.57. The van der Waals surface area contributed by atoms with Crippen molar-refractivity contribution in [2.45, 2.75) is 56.3 Å². The Hall–Kier alpha value is -3.32. The van der Waals surface area contributed by atoms with E-state index >= 15 is 0 Å². The Morgan fingerprint density at radius 2 is 1.74 bits per heavy atom. The lowest BCUT2D eigenvalue weighted by Gasteiger charge is -2.28. The average molecular weight is 511 g/mol. The topological polar surface area (TPSA) is 199 Å². The molecule has 1 fully saturated rings. The Bertz CT molecular complexity index is 942. The molecule has 1 aromatic rings. The lowest BCUT2D eigenvalue weighted by atomic mass is 10.0. The minimum atomic E-state index is -1.29. The predicted octanol–water partition coefficient (Wildman–Crippen LogP) is -0.898. The molecule has 1 aromatic carbocycles. The zero-order valence-corrected chi connectivity index (χ0v) is 19.8. The van der Waals surface area contributed by atoms with E-state index < -0.39 is 53.8 Å². The van der Waals surface area contributed by atoms with Crippen molar-refractivity contribution in [3.05, 3.63) is 29.8 Å². The Morgan fingerprint density at radius 1 is 1.09 bits per heavy atom. The van der Waals surface area contributed by atoms with Crippen LogP contribution in [0.15, 0.2) is 24.3 Å². The zero-order valence-electron chi connectivity index (χ0n) is 18.9. The Labute approximate surface area is 207 Å². The van der Waals surface area contributed by atoms with Crippen LogP contribution in [0.5, 0.6) is 5.75 Å². The SMILES string of the molecule is NC(CCC(=O)O)C(=O)N1CCCC1C(=O)NC(Cc1ccc(O)cc1)C(=O)NC(CS)C(=O)O. The molecule has 7 N–H and O–H groups in total. The van der Waals surface area contributed by atoms with Gasteiger partial charge in [0.2, 0.25) is 17.7 Å². The predicted molar refractivity (Wildman–Crippen MR) is 127 cm³/mol. The number of nitrogens with one attached hydrogen (secondary N) is 2. The van der Waals surface area contributed by atoms with Crippen LogP contribution in [0.3, 0.4) is 0 Å². The molecule has 1 aliphatic rings. The number of hydrogen-bond acceptors (Lipinski definition) is 8. The largest absolute Gasteiger partial charge is 0.508 e. The van der Waals surface area contributed by atoms with Gasteiger partial charge >= 0.3 is 11.9 Å². The smallest absolute Gasteiger partial charge is 0.327 e. The van der Waals surface area contributed by atoms with Gasteiger partial charge in [-0.25, -0.2) is 4.79 Å². The number of thiol groups is 1. The van der Waals surface area contributed by atoms with Gasteiger partial charge in [-0.3, -0.25) is 19.2 Å². The Morgan fingerprint density at radius 3 is 2.31 bits per heavy atom. The molecule has 1 aliphatic heterocycles. The van der Waals surface area contributed by atoms with Crippen molar-refractivity contribution in [2.24, 2.45) is 5.73 Å². The maximum atomic E-state index is 13.1. The van der Waals surface area contributed by atoms with Gasteiger partial charge in [-0.15, -0.1) is 0 Å². The van der Waals surface area contributed by atoms with Crippen LogP contribution >= 0.6 is 12.6 Å². The molecule has 3 amide bonds. The van der Waals surface area contributed by atoms with Gasteiger partial charge in [-0.05, 0) is 37.0 Å². The first-order valence-corrected chi connectivity index (χ1v) is 11.7. The van der Waals surface area contributed by atoms with Crippen LogP contribution in [0.4, 0.5) is 0 Å². The number of carboxylic acid groups (broad SMARTS) is 2. The summed E-state index contributed by atoms with van der Waals surface area (Å²) in [6.45, 7) is 0.257. The summed E-state index contributed by atoms with van der Waals surface area (Å²) >= 11 is 3.93. The number of hydrogen-bond donors (Lipinski definition) is 7. The number of carbonyl (C=O) groups excluding carboxylic acids is 3. The fourth-order valence-electron chi connectivity index (χ4n) is 3.72. The molecular formula is C22H30N4O8S. The third kappa shape index (κ3) is 8.14. The van der Waals surface area contributed by atoms with E-state index in [4.69, 9.17) is 10.8 Å². The van der Waals surface area contributed by atoms with Crippen LogP contribution in [0.1, 0.15) is 31.2 Å². The van der Waals surface area contributed by atoms with Gasteiger partial charge in [-0.1, -0.05) is 12.1 Å². The monoisotopic (exact) mass is 510 g/mol. The molecule has 0 saturated carbocycles. The number of nitrogens with two attached hydrogens (primary N) is 1. The van der Waals surface area contributed by atoms with E-state index in [1.54, 1.807) is 12.1 Å². The van der Waals surface area contributed by atoms with Crippen LogP contribution in [0.2, 0.25) is 0 Å². The van der Waals surface area contributed by atoms with Gasteiger partial charge in [0.1, 0.15) is 23.9 Å². The summed E-state index contributed by atoms with van der Waals surface area (Å²) in [6.07, 6.45) is 0.472. The normalized spacial score (nSPS) is 17.8. The number of carboxylic acids is 2. The van der Waals surface area contributed by atoms with Crippen LogP contribution < -0.4 is 16.4 Å². The summed E-state index contributed by atoms with van der Waals surface area (Å²) < 4.78 is 0. The fourth-order valence-corrected chi connectivity index (χ4v) is 3.97. The molecule has 4 unspecified atom stereocenters. The van der Waals surface area contributed by atoms with Crippen LogP contribution in [0, 0.1) is 0 Å². The van der Waals surface area contributed by atoms with Crippen molar-refractivity contribution in [1.82, 2.24) is 15.5 Å². The molecule has 4 atom stereocenters. The molecule has 12 nitrogen and oxygen atoms in total. The molecule has 0 radical (unpaired) electrons. The van der Waals surface area contributed by atoms with E-state index in [0.717, 1.165) is 0 Å². The molecule has 13 heteroatoms. The van der Waals surface area contributed by atoms with Crippen molar-refractivity contribution in [3.63, 3.8) is 0 Å². The maximum Gasteiger partial charge on any atom is 0.327 e. The van der Waals surface area contributed by atoms with Gasteiger partial charge in [-0.2, -0.15) is 12.6 Å². The van der Waals surface area contributed by atoms with E-state index in [1.807, 2.05) is 0 Å². The van der Waals surface area contributed by atoms with Crippen LogP contribution in [0.25, 0.3) is 0 Å². The standard InChI is InChI=1S/C22H30N4O8S/c23-14(7-8-18(28)29)21(32)26-9-1-2-17(26)20(31)24-15(10-12-3-5-13(27)6-4-12)19(30)25-16(11-35)22(33)34/h3-6,14-17,27,35H,1-2,7-11,23H2,(H,24,31)(H,25,30)(H,28,29)(H,33,34). The molecule has 0 aliphatic carbocycles. The molecule has 2 rings (SSSR count). The summed E-state index contributed by atoms with van der Waals surface area (Å²) in [5.74, 6) is -4.44. The van der Waals surface area contributed by atoms with Gasteiger partial charge < -0.3 is 36.6 Å².